The molecule has 1 aliphatic carbocycles. The number of nitrogens with two attached hydrogens (primary N) is 1. The van der Waals surface area contributed by atoms with Gasteiger partial charge in [0.25, 0.3) is 0 Å². The van der Waals surface area contributed by atoms with Crippen LogP contribution in [0.2, 0.25) is 0 Å². The Hall–Kier alpha value is -1.36. The molecular weight excluding hydrogens is 228 g/mol. The van der Waals surface area contributed by atoms with Crippen LogP contribution in [0.15, 0.2) is 0 Å². The summed E-state index contributed by atoms with van der Waals surface area (Å²) in [6.45, 7) is 5.81. The largest absolute Gasteiger partial charge is 0.327 e. The quantitative estimate of drug-likeness (QED) is 0.835. The van der Waals surface area contributed by atoms with E-state index >= 15 is 0 Å². The first-order valence-corrected chi connectivity index (χ1v) is 6.43. The number of anilines is 1. The van der Waals surface area contributed by atoms with Gasteiger partial charge in [0.05, 0.1) is 22.5 Å². The van der Waals surface area contributed by atoms with Crippen LogP contribution in [-0.4, -0.2) is 21.7 Å². The van der Waals surface area contributed by atoms with E-state index in [0.717, 1.165) is 36.3 Å². The molecule has 0 aliphatic heterocycles. The first-order valence-electron chi connectivity index (χ1n) is 6.43. The zero-order chi connectivity index (χ0) is 13.5. The van der Waals surface area contributed by atoms with Crippen molar-refractivity contribution < 1.29 is 4.79 Å². The smallest absolute Gasteiger partial charge is 0.231 e. The van der Waals surface area contributed by atoms with Crippen molar-refractivity contribution in [3.05, 3.63) is 11.4 Å². The number of amides is 1. The van der Waals surface area contributed by atoms with E-state index in [1.807, 2.05) is 27.8 Å². The van der Waals surface area contributed by atoms with Gasteiger partial charge in [-0.1, -0.05) is 6.42 Å². The van der Waals surface area contributed by atoms with Crippen LogP contribution in [-0.2, 0) is 11.8 Å². The molecule has 1 fully saturated rings. The summed E-state index contributed by atoms with van der Waals surface area (Å²) in [5, 5.41) is 7.31. The number of carbonyl (C=O) groups excluding carboxylic acids is 1. The number of nitrogens with one attached hydrogen (secondary N) is 1. The summed E-state index contributed by atoms with van der Waals surface area (Å²) in [6, 6.07) is -0.0465. The van der Waals surface area contributed by atoms with Crippen LogP contribution in [0.3, 0.4) is 0 Å². The summed E-state index contributed by atoms with van der Waals surface area (Å²) in [4.78, 5) is 12.4. The van der Waals surface area contributed by atoms with Gasteiger partial charge in [-0.3, -0.25) is 9.48 Å². The van der Waals surface area contributed by atoms with Crippen LogP contribution >= 0.6 is 0 Å². The SMILES string of the molecule is Cc1nn(C)c(C)c1NC(=O)C1(C)CCCC1N. The molecule has 0 bridgehead atoms. The highest BCUT2D eigenvalue weighted by Crippen LogP contribution is 2.38. The Balaban J connectivity index is 2.22. The summed E-state index contributed by atoms with van der Waals surface area (Å²) in [6.07, 6.45) is 2.81. The van der Waals surface area contributed by atoms with Crippen LogP contribution in [0.25, 0.3) is 0 Å². The van der Waals surface area contributed by atoms with Gasteiger partial charge in [0, 0.05) is 13.1 Å². The van der Waals surface area contributed by atoms with Gasteiger partial charge in [-0.15, -0.1) is 0 Å². The minimum absolute atomic E-state index is 0.0201. The van der Waals surface area contributed by atoms with Crippen LogP contribution in [0, 0.1) is 19.3 Å². The lowest BCUT2D eigenvalue weighted by molar-refractivity contribution is -0.125. The number of nitrogens with zero attached hydrogens (tertiary/aromatic N) is 2. The Morgan fingerprint density at radius 3 is 2.67 bits per heavy atom. The van der Waals surface area contributed by atoms with Crippen molar-refractivity contribution in [2.75, 3.05) is 5.32 Å². The highest BCUT2D eigenvalue weighted by atomic mass is 16.2. The molecule has 0 saturated heterocycles. The van der Waals surface area contributed by atoms with Crippen molar-refractivity contribution in [2.45, 2.75) is 46.1 Å². The average molecular weight is 250 g/mol. The number of hydrogen-bond donors (Lipinski definition) is 2. The predicted octanol–water partition coefficient (Wildman–Crippen LogP) is 1.49. The molecule has 2 rings (SSSR count). The number of aromatic nitrogens is 2. The fourth-order valence-electron chi connectivity index (χ4n) is 2.69. The third-order valence-corrected chi connectivity index (χ3v) is 4.30. The number of carbonyl (C=O) groups is 1. The van der Waals surface area contributed by atoms with Gasteiger partial charge in [0.1, 0.15) is 0 Å². The molecule has 2 atom stereocenters. The molecule has 1 aliphatic rings. The molecule has 18 heavy (non-hydrogen) atoms. The van der Waals surface area contributed by atoms with Gasteiger partial charge in [-0.2, -0.15) is 5.10 Å². The molecule has 1 aromatic heterocycles. The number of hydrogen-bond acceptors (Lipinski definition) is 3. The second kappa shape index (κ2) is 4.39. The normalized spacial score (nSPS) is 27.5. The van der Waals surface area contributed by atoms with Crippen molar-refractivity contribution in [3.63, 3.8) is 0 Å². The first-order chi connectivity index (χ1) is 8.36. The molecule has 1 saturated carbocycles. The predicted molar refractivity (Wildman–Crippen MR) is 71.2 cm³/mol. The molecule has 100 valence electrons. The lowest BCUT2D eigenvalue weighted by Crippen LogP contribution is -2.44. The lowest BCUT2D eigenvalue weighted by Gasteiger charge is -2.27. The van der Waals surface area contributed by atoms with Gasteiger partial charge >= 0.3 is 0 Å². The van der Waals surface area contributed by atoms with E-state index < -0.39 is 5.41 Å². The van der Waals surface area contributed by atoms with Crippen LogP contribution < -0.4 is 11.1 Å². The van der Waals surface area contributed by atoms with Gasteiger partial charge < -0.3 is 11.1 Å². The third-order valence-electron chi connectivity index (χ3n) is 4.30. The third kappa shape index (κ3) is 1.92. The van der Waals surface area contributed by atoms with Crippen molar-refractivity contribution in [2.24, 2.45) is 18.2 Å². The molecule has 3 N–H and O–H groups in total. The second-order valence-electron chi connectivity index (χ2n) is 5.54. The Morgan fingerprint density at radius 1 is 1.56 bits per heavy atom. The summed E-state index contributed by atoms with van der Waals surface area (Å²) in [7, 11) is 1.88. The Bertz CT molecular complexity index is 480. The van der Waals surface area contributed by atoms with E-state index in [9.17, 15) is 4.79 Å². The molecule has 5 nitrogen and oxygen atoms in total. The zero-order valence-corrected chi connectivity index (χ0v) is 11.6. The van der Waals surface area contributed by atoms with E-state index in [1.54, 1.807) is 4.68 Å². The van der Waals surface area contributed by atoms with Crippen molar-refractivity contribution in [1.29, 1.82) is 0 Å². The van der Waals surface area contributed by atoms with Crippen molar-refractivity contribution in [1.82, 2.24) is 9.78 Å². The van der Waals surface area contributed by atoms with Crippen LogP contribution in [0.1, 0.15) is 37.6 Å². The fourth-order valence-corrected chi connectivity index (χ4v) is 2.69. The van der Waals surface area contributed by atoms with E-state index in [0.29, 0.717) is 0 Å². The van der Waals surface area contributed by atoms with Gasteiger partial charge in [-0.05, 0) is 33.6 Å². The highest BCUT2D eigenvalue weighted by Gasteiger charge is 2.43. The average Bonchev–Trinajstić information content (AvgIpc) is 2.76. The Kier molecular flexibility index (Phi) is 3.19. The van der Waals surface area contributed by atoms with Crippen molar-refractivity contribution in [3.8, 4) is 0 Å². The highest BCUT2D eigenvalue weighted by molar-refractivity contribution is 5.96. The topological polar surface area (TPSA) is 72.9 Å². The van der Waals surface area contributed by atoms with Crippen LogP contribution in [0.5, 0.6) is 0 Å². The maximum Gasteiger partial charge on any atom is 0.231 e. The van der Waals surface area contributed by atoms with Gasteiger partial charge in [0.15, 0.2) is 0 Å². The maximum absolute atomic E-state index is 12.4. The monoisotopic (exact) mass is 250 g/mol. The Labute approximate surface area is 108 Å². The fraction of sp³-hybridized carbons (Fsp3) is 0.692. The van der Waals surface area contributed by atoms with E-state index in [2.05, 4.69) is 10.4 Å². The van der Waals surface area contributed by atoms with Crippen molar-refractivity contribution >= 4 is 11.6 Å². The van der Waals surface area contributed by atoms with Gasteiger partial charge in [-0.25, -0.2) is 0 Å². The second-order valence-corrected chi connectivity index (χ2v) is 5.54. The van der Waals surface area contributed by atoms with Gasteiger partial charge in [0.2, 0.25) is 5.91 Å². The summed E-state index contributed by atoms with van der Waals surface area (Å²) < 4.78 is 1.78. The Morgan fingerprint density at radius 2 is 2.22 bits per heavy atom. The maximum atomic E-state index is 12.4. The lowest BCUT2D eigenvalue weighted by atomic mass is 9.84. The first kappa shape index (κ1) is 13.1. The minimum Gasteiger partial charge on any atom is -0.327 e. The summed E-state index contributed by atoms with van der Waals surface area (Å²) in [5.41, 5.74) is 8.25. The van der Waals surface area contributed by atoms with Crippen LogP contribution in [0.4, 0.5) is 5.69 Å². The molecule has 0 radical (unpaired) electrons. The number of aryl methyl sites for hydroxylation is 2. The molecule has 0 aromatic carbocycles. The number of rotatable bonds is 2. The van der Waals surface area contributed by atoms with E-state index in [-0.39, 0.29) is 11.9 Å². The standard InChI is InChI=1S/C13H22N4O/c1-8-11(9(2)17(4)16-8)15-12(18)13(3)7-5-6-10(13)14/h10H,5-7,14H2,1-4H3,(H,15,18). The molecule has 1 heterocycles. The summed E-state index contributed by atoms with van der Waals surface area (Å²) >= 11 is 0. The minimum atomic E-state index is -0.450. The molecule has 5 heteroatoms. The molecule has 2 unspecified atom stereocenters. The van der Waals surface area contributed by atoms with E-state index in [1.165, 1.54) is 0 Å². The molecular formula is C13H22N4O. The van der Waals surface area contributed by atoms with E-state index in [4.69, 9.17) is 5.73 Å². The zero-order valence-electron chi connectivity index (χ0n) is 11.6. The molecule has 1 amide bonds. The molecule has 1 aromatic rings. The summed E-state index contributed by atoms with van der Waals surface area (Å²) in [5.74, 6) is 0.0201. The molecule has 0 spiro atoms.